The number of fused-ring (bicyclic) bond motifs is 1. The minimum absolute atomic E-state index is 0.0242. The van der Waals surface area contributed by atoms with E-state index >= 15 is 0 Å². The van der Waals surface area contributed by atoms with E-state index in [1.807, 2.05) is 37.3 Å². The number of halogens is 1. The molecule has 0 fully saturated rings. The first kappa shape index (κ1) is 16.7. The van der Waals surface area contributed by atoms with Gasteiger partial charge in [-0.2, -0.15) is 0 Å². The van der Waals surface area contributed by atoms with Gasteiger partial charge in [0.1, 0.15) is 0 Å². The van der Waals surface area contributed by atoms with Crippen molar-refractivity contribution in [2.45, 2.75) is 25.8 Å². The second-order valence-electron chi connectivity index (χ2n) is 6.14. The fourth-order valence-electron chi connectivity index (χ4n) is 2.98. The highest BCUT2D eigenvalue weighted by atomic mass is 79.9. The molecule has 0 spiro atoms. The molecule has 0 aromatic heterocycles. The number of rotatable bonds is 4. The Kier molecular flexibility index (Phi) is 5.00. The van der Waals surface area contributed by atoms with Gasteiger partial charge in [0.2, 0.25) is 5.91 Å². The van der Waals surface area contributed by atoms with Crippen LogP contribution >= 0.6 is 15.9 Å². The van der Waals surface area contributed by atoms with E-state index in [9.17, 15) is 4.79 Å². The molecule has 1 aliphatic rings. The van der Waals surface area contributed by atoms with E-state index in [0.29, 0.717) is 0 Å². The smallest absolute Gasteiger partial charge is 0.244 e. The van der Waals surface area contributed by atoms with Gasteiger partial charge in [-0.25, -0.2) is 0 Å². The Balaban J connectivity index is 1.65. The van der Waals surface area contributed by atoms with E-state index in [2.05, 4.69) is 46.0 Å². The standard InChI is InChI=1S/C21H20BrNO/c1-14-6-8-18-13-17(9-10-20(14)18)15(2)23-21(24)11-7-16-4-3-5-19(22)12-16/h3-5,7,9-13,15H,1,6,8H2,2H3,(H,23,24)/b11-7+. The molecule has 2 aromatic carbocycles. The number of nitrogens with one attached hydrogen (secondary N) is 1. The van der Waals surface area contributed by atoms with Crippen LogP contribution in [0.4, 0.5) is 0 Å². The monoisotopic (exact) mass is 381 g/mol. The van der Waals surface area contributed by atoms with Gasteiger partial charge in [-0.05, 0) is 65.8 Å². The molecule has 1 N–H and O–H groups in total. The van der Waals surface area contributed by atoms with Gasteiger partial charge in [0.25, 0.3) is 0 Å². The van der Waals surface area contributed by atoms with Gasteiger partial charge in [0.15, 0.2) is 0 Å². The summed E-state index contributed by atoms with van der Waals surface area (Å²) >= 11 is 3.43. The molecule has 0 aliphatic heterocycles. The van der Waals surface area contributed by atoms with Crippen molar-refractivity contribution in [1.29, 1.82) is 0 Å². The SMILES string of the molecule is C=C1CCc2cc(C(C)NC(=O)/C=C/c3cccc(Br)c3)ccc21. The predicted molar refractivity (Wildman–Crippen MR) is 104 cm³/mol. The summed E-state index contributed by atoms with van der Waals surface area (Å²) in [5.74, 6) is -0.0904. The van der Waals surface area contributed by atoms with Crippen molar-refractivity contribution in [2.75, 3.05) is 0 Å². The van der Waals surface area contributed by atoms with E-state index in [4.69, 9.17) is 0 Å². The number of carbonyl (C=O) groups is 1. The summed E-state index contributed by atoms with van der Waals surface area (Å²) in [4.78, 5) is 12.1. The molecule has 1 unspecified atom stereocenters. The highest BCUT2D eigenvalue weighted by molar-refractivity contribution is 9.10. The van der Waals surface area contributed by atoms with Crippen LogP contribution in [0.25, 0.3) is 11.6 Å². The average Bonchev–Trinajstić information content (AvgIpc) is 2.94. The summed E-state index contributed by atoms with van der Waals surface area (Å²) in [6.45, 7) is 6.11. The van der Waals surface area contributed by atoms with Crippen LogP contribution in [0.3, 0.4) is 0 Å². The molecule has 0 bridgehead atoms. The maximum Gasteiger partial charge on any atom is 0.244 e. The number of benzene rings is 2. The maximum absolute atomic E-state index is 12.1. The molecular formula is C21H20BrNO. The number of allylic oxidation sites excluding steroid dienone is 1. The molecule has 3 rings (SSSR count). The van der Waals surface area contributed by atoms with Gasteiger partial charge >= 0.3 is 0 Å². The van der Waals surface area contributed by atoms with Crippen LogP contribution in [-0.2, 0) is 11.2 Å². The van der Waals surface area contributed by atoms with E-state index < -0.39 is 0 Å². The van der Waals surface area contributed by atoms with Crippen LogP contribution in [0.1, 0.15) is 41.6 Å². The zero-order chi connectivity index (χ0) is 17.1. The molecule has 1 amide bonds. The van der Waals surface area contributed by atoms with Crippen molar-refractivity contribution in [2.24, 2.45) is 0 Å². The predicted octanol–water partition coefficient (Wildman–Crippen LogP) is 5.30. The number of aryl methyl sites for hydroxylation is 1. The third-order valence-electron chi connectivity index (χ3n) is 4.34. The van der Waals surface area contributed by atoms with Crippen LogP contribution in [0, 0.1) is 0 Å². The van der Waals surface area contributed by atoms with E-state index in [0.717, 1.165) is 28.4 Å². The molecule has 1 atom stereocenters. The van der Waals surface area contributed by atoms with Crippen LogP contribution < -0.4 is 5.32 Å². The van der Waals surface area contributed by atoms with Gasteiger partial charge < -0.3 is 5.32 Å². The first-order valence-corrected chi connectivity index (χ1v) is 8.87. The molecule has 3 heteroatoms. The van der Waals surface area contributed by atoms with Crippen molar-refractivity contribution in [1.82, 2.24) is 5.32 Å². The Bertz CT molecular complexity index is 822. The second kappa shape index (κ2) is 7.18. The summed E-state index contributed by atoms with van der Waals surface area (Å²) in [6, 6.07) is 14.2. The minimum atomic E-state index is -0.0904. The average molecular weight is 382 g/mol. The molecule has 0 saturated heterocycles. The molecule has 122 valence electrons. The summed E-state index contributed by atoms with van der Waals surface area (Å²) < 4.78 is 0.998. The van der Waals surface area contributed by atoms with Crippen LogP contribution in [0.2, 0.25) is 0 Å². The largest absolute Gasteiger partial charge is 0.346 e. The number of amides is 1. The lowest BCUT2D eigenvalue weighted by atomic mass is 10.0. The topological polar surface area (TPSA) is 29.1 Å². The Morgan fingerprint density at radius 3 is 2.88 bits per heavy atom. The van der Waals surface area contributed by atoms with Crippen molar-refractivity contribution in [3.8, 4) is 0 Å². The Morgan fingerprint density at radius 1 is 1.25 bits per heavy atom. The lowest BCUT2D eigenvalue weighted by Gasteiger charge is -2.14. The molecule has 2 aromatic rings. The summed E-state index contributed by atoms with van der Waals surface area (Å²) in [6.07, 6.45) is 5.48. The molecular weight excluding hydrogens is 362 g/mol. The van der Waals surface area contributed by atoms with Gasteiger partial charge in [-0.3, -0.25) is 4.79 Å². The third kappa shape index (κ3) is 3.85. The molecule has 24 heavy (non-hydrogen) atoms. The summed E-state index contributed by atoms with van der Waals surface area (Å²) in [5.41, 5.74) is 5.94. The number of hydrogen-bond donors (Lipinski definition) is 1. The lowest BCUT2D eigenvalue weighted by molar-refractivity contribution is -0.117. The lowest BCUT2D eigenvalue weighted by Crippen LogP contribution is -2.24. The van der Waals surface area contributed by atoms with Gasteiger partial charge in [-0.15, -0.1) is 0 Å². The minimum Gasteiger partial charge on any atom is -0.346 e. The van der Waals surface area contributed by atoms with Crippen LogP contribution in [0.5, 0.6) is 0 Å². The quantitative estimate of drug-likeness (QED) is 0.715. The molecule has 0 radical (unpaired) electrons. The first-order valence-electron chi connectivity index (χ1n) is 8.08. The van der Waals surface area contributed by atoms with Gasteiger partial charge in [0.05, 0.1) is 6.04 Å². The Hall–Kier alpha value is -2.13. The fraction of sp³-hybridized carbons (Fsp3) is 0.190. The van der Waals surface area contributed by atoms with Crippen molar-refractivity contribution in [3.63, 3.8) is 0 Å². The molecule has 0 saturated carbocycles. The van der Waals surface area contributed by atoms with Gasteiger partial charge in [-0.1, -0.05) is 52.8 Å². The fourth-order valence-corrected chi connectivity index (χ4v) is 3.40. The number of hydrogen-bond acceptors (Lipinski definition) is 1. The molecule has 2 nitrogen and oxygen atoms in total. The van der Waals surface area contributed by atoms with Gasteiger partial charge in [0, 0.05) is 10.5 Å². The zero-order valence-corrected chi connectivity index (χ0v) is 15.3. The second-order valence-corrected chi connectivity index (χ2v) is 7.05. The zero-order valence-electron chi connectivity index (χ0n) is 13.7. The molecule has 1 aliphatic carbocycles. The maximum atomic E-state index is 12.1. The van der Waals surface area contributed by atoms with Crippen molar-refractivity contribution in [3.05, 3.63) is 81.8 Å². The van der Waals surface area contributed by atoms with E-state index in [-0.39, 0.29) is 11.9 Å². The normalized spacial score (nSPS) is 14.7. The summed E-state index contributed by atoms with van der Waals surface area (Å²) in [5, 5.41) is 3.02. The summed E-state index contributed by atoms with van der Waals surface area (Å²) in [7, 11) is 0. The highest BCUT2D eigenvalue weighted by Crippen LogP contribution is 2.32. The molecule has 0 heterocycles. The highest BCUT2D eigenvalue weighted by Gasteiger charge is 2.16. The third-order valence-corrected chi connectivity index (χ3v) is 4.83. The van der Waals surface area contributed by atoms with E-state index in [1.165, 1.54) is 16.7 Å². The van der Waals surface area contributed by atoms with E-state index in [1.54, 1.807) is 6.08 Å². The van der Waals surface area contributed by atoms with Crippen molar-refractivity contribution < 1.29 is 4.79 Å². The first-order chi connectivity index (χ1) is 11.5. The van der Waals surface area contributed by atoms with Crippen LogP contribution in [0.15, 0.2) is 59.6 Å². The number of carbonyl (C=O) groups excluding carboxylic acids is 1. The Labute approximate surface area is 151 Å². The Morgan fingerprint density at radius 2 is 2.08 bits per heavy atom. The van der Waals surface area contributed by atoms with Crippen molar-refractivity contribution >= 4 is 33.5 Å². The van der Waals surface area contributed by atoms with Crippen LogP contribution in [-0.4, -0.2) is 5.91 Å².